The van der Waals surface area contributed by atoms with Gasteiger partial charge >= 0.3 is 5.97 Å². The Morgan fingerprint density at radius 3 is 2.04 bits per heavy atom. The van der Waals surface area contributed by atoms with Gasteiger partial charge in [-0.05, 0) is 54.6 Å². The first kappa shape index (κ1) is 14.8. The van der Waals surface area contributed by atoms with E-state index in [1.54, 1.807) is 23.0 Å². The summed E-state index contributed by atoms with van der Waals surface area (Å²) in [7, 11) is 0. The summed E-state index contributed by atoms with van der Waals surface area (Å²) in [5, 5.41) is 21.2. The fourth-order valence-electron chi connectivity index (χ4n) is 2.39. The first-order chi connectivity index (χ1) is 12.2. The minimum absolute atomic E-state index is 0.206. The molecule has 0 aliphatic carbocycles. The van der Waals surface area contributed by atoms with Gasteiger partial charge in [-0.2, -0.15) is 5.10 Å². The molecule has 0 fully saturated rings. The van der Waals surface area contributed by atoms with Gasteiger partial charge < -0.3 is 9.52 Å². The molecule has 2 heterocycles. The highest BCUT2D eigenvalue weighted by Crippen LogP contribution is 2.24. The van der Waals surface area contributed by atoms with E-state index in [0.717, 1.165) is 11.3 Å². The summed E-state index contributed by atoms with van der Waals surface area (Å²) in [6.07, 6.45) is 3.58. The molecule has 0 spiro atoms. The highest BCUT2D eigenvalue weighted by molar-refractivity contribution is 5.88. The van der Waals surface area contributed by atoms with E-state index < -0.39 is 5.97 Å². The van der Waals surface area contributed by atoms with Crippen molar-refractivity contribution in [1.82, 2.24) is 20.0 Å². The molecular formula is C18H12N4O3. The van der Waals surface area contributed by atoms with Crippen LogP contribution in [0.1, 0.15) is 10.4 Å². The molecule has 0 aliphatic heterocycles. The molecule has 0 bridgehead atoms. The van der Waals surface area contributed by atoms with Gasteiger partial charge in [-0.3, -0.25) is 0 Å². The number of hydrogen-bond donors (Lipinski definition) is 1. The summed E-state index contributed by atoms with van der Waals surface area (Å²) >= 11 is 0. The van der Waals surface area contributed by atoms with Crippen LogP contribution in [0.3, 0.4) is 0 Å². The van der Waals surface area contributed by atoms with Crippen LogP contribution in [0.2, 0.25) is 0 Å². The SMILES string of the molecule is O=C(O)c1ccc(-c2nnc(-c3ccc(-n4cccn4)cc3)o2)cc1. The van der Waals surface area contributed by atoms with Crippen LogP contribution in [-0.2, 0) is 0 Å². The topological polar surface area (TPSA) is 94.0 Å². The van der Waals surface area contributed by atoms with Gasteiger partial charge in [0.15, 0.2) is 0 Å². The zero-order chi connectivity index (χ0) is 17.2. The molecule has 7 nitrogen and oxygen atoms in total. The third kappa shape index (κ3) is 2.90. The van der Waals surface area contributed by atoms with E-state index in [0.29, 0.717) is 17.3 Å². The van der Waals surface area contributed by atoms with Gasteiger partial charge in [-0.15, -0.1) is 10.2 Å². The van der Waals surface area contributed by atoms with E-state index in [-0.39, 0.29) is 5.56 Å². The number of aromatic nitrogens is 4. The van der Waals surface area contributed by atoms with Crippen molar-refractivity contribution in [2.75, 3.05) is 0 Å². The molecule has 2 aromatic heterocycles. The van der Waals surface area contributed by atoms with Gasteiger partial charge in [0, 0.05) is 23.5 Å². The molecule has 0 aliphatic rings. The number of nitrogens with zero attached hydrogens (tertiary/aromatic N) is 4. The first-order valence-electron chi connectivity index (χ1n) is 7.48. The predicted octanol–water partition coefficient (Wildman–Crippen LogP) is 3.29. The molecule has 0 saturated carbocycles. The summed E-state index contributed by atoms with van der Waals surface area (Å²) in [4.78, 5) is 10.9. The van der Waals surface area contributed by atoms with Crippen LogP contribution in [0.15, 0.2) is 71.4 Å². The molecule has 0 atom stereocenters. The van der Waals surface area contributed by atoms with E-state index in [9.17, 15) is 4.79 Å². The van der Waals surface area contributed by atoms with Crippen LogP contribution in [0, 0.1) is 0 Å². The highest BCUT2D eigenvalue weighted by atomic mass is 16.4. The van der Waals surface area contributed by atoms with Crippen molar-refractivity contribution >= 4 is 5.97 Å². The maximum atomic E-state index is 10.9. The number of rotatable bonds is 4. The molecule has 0 amide bonds. The maximum Gasteiger partial charge on any atom is 0.335 e. The molecular weight excluding hydrogens is 320 g/mol. The second-order valence-corrected chi connectivity index (χ2v) is 5.29. The molecule has 4 rings (SSSR count). The second-order valence-electron chi connectivity index (χ2n) is 5.29. The number of benzene rings is 2. The van der Waals surface area contributed by atoms with E-state index in [2.05, 4.69) is 15.3 Å². The minimum atomic E-state index is -0.977. The van der Waals surface area contributed by atoms with Gasteiger partial charge in [0.2, 0.25) is 11.8 Å². The van der Waals surface area contributed by atoms with Crippen molar-refractivity contribution in [3.8, 4) is 28.6 Å². The van der Waals surface area contributed by atoms with Gasteiger partial charge in [-0.25, -0.2) is 9.48 Å². The fourth-order valence-corrected chi connectivity index (χ4v) is 2.39. The van der Waals surface area contributed by atoms with Crippen LogP contribution in [-0.4, -0.2) is 31.1 Å². The standard InChI is InChI=1S/C18H12N4O3/c23-18(24)14-4-2-12(3-5-14)16-20-21-17(25-16)13-6-8-15(9-7-13)22-11-1-10-19-22/h1-11H,(H,23,24). The molecule has 0 unspecified atom stereocenters. The summed E-state index contributed by atoms with van der Waals surface area (Å²) in [6.45, 7) is 0. The third-order valence-corrected chi connectivity index (χ3v) is 3.69. The van der Waals surface area contributed by atoms with Gasteiger partial charge in [-0.1, -0.05) is 0 Å². The van der Waals surface area contributed by atoms with Crippen LogP contribution in [0.5, 0.6) is 0 Å². The number of hydrogen-bond acceptors (Lipinski definition) is 5. The normalized spacial score (nSPS) is 10.7. The van der Waals surface area contributed by atoms with Gasteiger partial charge in [0.05, 0.1) is 11.3 Å². The molecule has 1 N–H and O–H groups in total. The largest absolute Gasteiger partial charge is 0.478 e. The van der Waals surface area contributed by atoms with Crippen LogP contribution in [0.4, 0.5) is 0 Å². The van der Waals surface area contributed by atoms with Crippen molar-refractivity contribution in [1.29, 1.82) is 0 Å². The van der Waals surface area contributed by atoms with E-state index >= 15 is 0 Å². The second kappa shape index (κ2) is 6.04. The lowest BCUT2D eigenvalue weighted by Gasteiger charge is -2.01. The maximum absolute atomic E-state index is 10.9. The Morgan fingerprint density at radius 2 is 1.52 bits per heavy atom. The summed E-state index contributed by atoms with van der Waals surface area (Å²) in [6, 6.07) is 15.7. The Labute approximate surface area is 142 Å². The smallest absolute Gasteiger partial charge is 0.335 e. The van der Waals surface area contributed by atoms with E-state index in [1.165, 1.54) is 12.1 Å². The summed E-state index contributed by atoms with van der Waals surface area (Å²) in [5.74, 6) is -0.248. The van der Waals surface area contributed by atoms with Crippen LogP contribution in [0.25, 0.3) is 28.6 Å². The average molecular weight is 332 g/mol. The quantitative estimate of drug-likeness (QED) is 0.616. The Hall–Kier alpha value is -3.74. The number of carboxylic acids is 1. The molecule has 2 aromatic carbocycles. The van der Waals surface area contributed by atoms with Gasteiger partial charge in [0.25, 0.3) is 0 Å². The Balaban J connectivity index is 1.59. The lowest BCUT2D eigenvalue weighted by molar-refractivity contribution is 0.0697. The van der Waals surface area contributed by atoms with Crippen LogP contribution >= 0.6 is 0 Å². The van der Waals surface area contributed by atoms with Crippen molar-refractivity contribution in [3.05, 3.63) is 72.6 Å². The van der Waals surface area contributed by atoms with Crippen molar-refractivity contribution in [2.24, 2.45) is 0 Å². The third-order valence-electron chi connectivity index (χ3n) is 3.69. The molecule has 122 valence electrons. The van der Waals surface area contributed by atoms with Crippen molar-refractivity contribution < 1.29 is 14.3 Å². The highest BCUT2D eigenvalue weighted by Gasteiger charge is 2.11. The minimum Gasteiger partial charge on any atom is -0.478 e. The summed E-state index contributed by atoms with van der Waals surface area (Å²) < 4.78 is 7.45. The molecule has 4 aromatic rings. The zero-order valence-corrected chi connectivity index (χ0v) is 12.9. The average Bonchev–Trinajstić information content (AvgIpc) is 3.34. The molecule has 0 radical (unpaired) electrons. The molecule has 25 heavy (non-hydrogen) atoms. The lowest BCUT2D eigenvalue weighted by atomic mass is 10.1. The van der Waals surface area contributed by atoms with Crippen molar-refractivity contribution in [3.63, 3.8) is 0 Å². The van der Waals surface area contributed by atoms with Crippen LogP contribution < -0.4 is 0 Å². The van der Waals surface area contributed by atoms with Crippen molar-refractivity contribution in [2.45, 2.75) is 0 Å². The predicted molar refractivity (Wildman–Crippen MR) is 89.3 cm³/mol. The van der Waals surface area contributed by atoms with E-state index in [1.807, 2.05) is 36.5 Å². The van der Waals surface area contributed by atoms with Gasteiger partial charge in [0.1, 0.15) is 0 Å². The Morgan fingerprint density at radius 1 is 0.920 bits per heavy atom. The monoisotopic (exact) mass is 332 g/mol. The molecule has 0 saturated heterocycles. The number of carbonyl (C=O) groups is 1. The number of aromatic carboxylic acids is 1. The zero-order valence-electron chi connectivity index (χ0n) is 12.9. The molecule has 7 heteroatoms. The Kier molecular flexibility index (Phi) is 3.59. The number of carboxylic acid groups (broad SMARTS) is 1. The summed E-state index contributed by atoms with van der Waals surface area (Å²) in [5.41, 5.74) is 2.59. The fraction of sp³-hybridized carbons (Fsp3) is 0. The Bertz CT molecular complexity index is 1000. The lowest BCUT2D eigenvalue weighted by Crippen LogP contribution is -1.94. The van der Waals surface area contributed by atoms with E-state index in [4.69, 9.17) is 9.52 Å². The first-order valence-corrected chi connectivity index (χ1v) is 7.48.